The van der Waals surface area contributed by atoms with Crippen molar-refractivity contribution in [1.29, 1.82) is 0 Å². The van der Waals surface area contributed by atoms with Gasteiger partial charge in [-0.15, -0.1) is 0 Å². The zero-order chi connectivity index (χ0) is 9.56. The molecule has 0 fully saturated rings. The average molecular weight is 175 g/mol. The first-order valence-electron chi connectivity index (χ1n) is 3.55. The molecule has 0 bridgehead atoms. The van der Waals surface area contributed by atoms with Crippen LogP contribution in [0.1, 0.15) is 6.92 Å². The number of rotatable bonds is 6. The predicted octanol–water partition coefficient (Wildman–Crippen LogP) is -0.532. The molecular formula is C7H13NO4. The number of carbonyl (C=O) groups is 2. The third-order valence-electron chi connectivity index (χ3n) is 1.51. The molecule has 2 unspecified atom stereocenters. The molecule has 0 aromatic heterocycles. The van der Waals surface area contributed by atoms with Gasteiger partial charge in [-0.1, -0.05) is 6.92 Å². The van der Waals surface area contributed by atoms with Gasteiger partial charge in [-0.05, 0) is 0 Å². The highest BCUT2D eigenvalue weighted by Crippen LogP contribution is 2.02. The monoisotopic (exact) mass is 175 g/mol. The second kappa shape index (κ2) is 5.54. The van der Waals surface area contributed by atoms with E-state index in [-0.39, 0.29) is 5.92 Å². The van der Waals surface area contributed by atoms with Crippen LogP contribution in [0.25, 0.3) is 0 Å². The first-order valence-corrected chi connectivity index (χ1v) is 3.55. The van der Waals surface area contributed by atoms with Crippen molar-refractivity contribution in [3.05, 3.63) is 0 Å². The summed E-state index contributed by atoms with van der Waals surface area (Å²) in [7, 11) is 1.48. The van der Waals surface area contributed by atoms with Gasteiger partial charge in [-0.2, -0.15) is 0 Å². The number of carboxylic acid groups (broad SMARTS) is 1. The molecule has 0 rings (SSSR count). The molecule has 0 radical (unpaired) electrons. The Kier molecular flexibility index (Phi) is 5.03. The summed E-state index contributed by atoms with van der Waals surface area (Å²) in [5.74, 6) is -1.29. The maximum Gasteiger partial charge on any atom is 0.326 e. The van der Waals surface area contributed by atoms with E-state index in [9.17, 15) is 9.59 Å². The topological polar surface area (TPSA) is 75.6 Å². The van der Waals surface area contributed by atoms with Gasteiger partial charge in [-0.3, -0.25) is 4.79 Å². The molecule has 0 aromatic rings. The summed E-state index contributed by atoms with van der Waals surface area (Å²) in [5, 5.41) is 10.8. The normalized spacial score (nSPS) is 14.8. The lowest BCUT2D eigenvalue weighted by molar-refractivity contribution is -0.142. The van der Waals surface area contributed by atoms with Crippen molar-refractivity contribution in [3.8, 4) is 0 Å². The maximum atomic E-state index is 10.5. The average Bonchev–Trinajstić information content (AvgIpc) is 1.99. The van der Waals surface area contributed by atoms with Gasteiger partial charge >= 0.3 is 5.97 Å². The predicted molar refractivity (Wildman–Crippen MR) is 41.7 cm³/mol. The summed E-state index contributed by atoms with van der Waals surface area (Å²) in [4.78, 5) is 20.5. The molecule has 0 spiro atoms. The Morgan fingerprint density at radius 1 is 1.75 bits per heavy atom. The molecule has 5 heteroatoms. The standard InChI is InChI=1S/C7H13NO4/c1-5(3-12-2)6(7(10)11)8-4-9/h4-6H,3H2,1-2H3,(H,8,9)(H,10,11). The Hall–Kier alpha value is -1.10. The third-order valence-corrected chi connectivity index (χ3v) is 1.51. The molecule has 0 saturated carbocycles. The largest absolute Gasteiger partial charge is 0.480 e. The quantitative estimate of drug-likeness (QED) is 0.532. The second-order valence-corrected chi connectivity index (χ2v) is 2.53. The van der Waals surface area contributed by atoms with E-state index in [1.54, 1.807) is 6.92 Å². The summed E-state index contributed by atoms with van der Waals surface area (Å²) < 4.78 is 4.76. The van der Waals surface area contributed by atoms with Crippen molar-refractivity contribution in [3.63, 3.8) is 0 Å². The van der Waals surface area contributed by atoms with Crippen LogP contribution in [0.4, 0.5) is 0 Å². The smallest absolute Gasteiger partial charge is 0.326 e. The second-order valence-electron chi connectivity index (χ2n) is 2.53. The van der Waals surface area contributed by atoms with E-state index in [0.717, 1.165) is 0 Å². The highest BCUT2D eigenvalue weighted by atomic mass is 16.5. The van der Waals surface area contributed by atoms with Crippen molar-refractivity contribution in [2.45, 2.75) is 13.0 Å². The zero-order valence-electron chi connectivity index (χ0n) is 7.11. The van der Waals surface area contributed by atoms with Gasteiger partial charge < -0.3 is 15.2 Å². The van der Waals surface area contributed by atoms with Crippen LogP contribution >= 0.6 is 0 Å². The minimum atomic E-state index is -1.05. The zero-order valence-corrected chi connectivity index (χ0v) is 7.11. The van der Waals surface area contributed by atoms with E-state index >= 15 is 0 Å². The van der Waals surface area contributed by atoms with Crippen LogP contribution in [0.3, 0.4) is 0 Å². The van der Waals surface area contributed by atoms with Gasteiger partial charge in [0, 0.05) is 13.0 Å². The van der Waals surface area contributed by atoms with Crippen molar-refractivity contribution in [2.75, 3.05) is 13.7 Å². The van der Waals surface area contributed by atoms with Gasteiger partial charge in [0.15, 0.2) is 0 Å². The Morgan fingerprint density at radius 2 is 2.33 bits per heavy atom. The molecule has 5 nitrogen and oxygen atoms in total. The molecule has 0 heterocycles. The van der Waals surface area contributed by atoms with Gasteiger partial charge in [-0.25, -0.2) is 4.79 Å². The summed E-state index contributed by atoms with van der Waals surface area (Å²) in [5.41, 5.74) is 0. The van der Waals surface area contributed by atoms with Crippen LogP contribution < -0.4 is 5.32 Å². The summed E-state index contributed by atoms with van der Waals surface area (Å²) in [6, 6.07) is -0.873. The van der Waals surface area contributed by atoms with Crippen molar-refractivity contribution in [2.24, 2.45) is 5.92 Å². The molecule has 0 aliphatic heterocycles. The molecule has 0 aliphatic carbocycles. The number of carboxylic acids is 1. The van der Waals surface area contributed by atoms with Gasteiger partial charge in [0.25, 0.3) is 0 Å². The third kappa shape index (κ3) is 3.34. The number of nitrogens with one attached hydrogen (secondary N) is 1. The Bertz CT molecular complexity index is 159. The summed E-state index contributed by atoms with van der Waals surface area (Å²) in [6.07, 6.45) is 0.380. The van der Waals surface area contributed by atoms with Gasteiger partial charge in [0.05, 0.1) is 6.61 Å². The van der Waals surface area contributed by atoms with Crippen molar-refractivity contribution in [1.82, 2.24) is 5.32 Å². The van der Waals surface area contributed by atoms with E-state index in [2.05, 4.69) is 5.32 Å². The van der Waals surface area contributed by atoms with Crippen molar-refractivity contribution >= 4 is 12.4 Å². The number of amides is 1. The number of ether oxygens (including phenoxy) is 1. The molecule has 0 saturated heterocycles. The molecule has 1 amide bonds. The first kappa shape index (κ1) is 10.9. The van der Waals surface area contributed by atoms with E-state index in [1.807, 2.05) is 0 Å². The molecular weight excluding hydrogens is 162 g/mol. The molecule has 12 heavy (non-hydrogen) atoms. The Labute approximate surface area is 70.7 Å². The fourth-order valence-corrected chi connectivity index (χ4v) is 0.911. The number of carbonyl (C=O) groups excluding carboxylic acids is 1. The maximum absolute atomic E-state index is 10.5. The minimum Gasteiger partial charge on any atom is -0.480 e. The molecule has 0 aliphatic rings. The van der Waals surface area contributed by atoms with Gasteiger partial charge in [0.2, 0.25) is 6.41 Å². The van der Waals surface area contributed by atoms with Crippen LogP contribution in [-0.4, -0.2) is 37.2 Å². The van der Waals surface area contributed by atoms with E-state index < -0.39 is 12.0 Å². The first-order chi connectivity index (χ1) is 5.63. The van der Waals surface area contributed by atoms with Crippen LogP contribution in [0, 0.1) is 5.92 Å². The minimum absolute atomic E-state index is 0.238. The molecule has 2 atom stereocenters. The fourth-order valence-electron chi connectivity index (χ4n) is 0.911. The lowest BCUT2D eigenvalue weighted by Crippen LogP contribution is -2.42. The number of methoxy groups -OCH3 is 1. The van der Waals surface area contributed by atoms with E-state index in [1.165, 1.54) is 7.11 Å². The van der Waals surface area contributed by atoms with E-state index in [4.69, 9.17) is 9.84 Å². The lowest BCUT2D eigenvalue weighted by Gasteiger charge is -2.17. The highest BCUT2D eigenvalue weighted by Gasteiger charge is 2.23. The van der Waals surface area contributed by atoms with Crippen molar-refractivity contribution < 1.29 is 19.4 Å². The van der Waals surface area contributed by atoms with Crippen LogP contribution in [0.2, 0.25) is 0 Å². The van der Waals surface area contributed by atoms with Gasteiger partial charge in [0.1, 0.15) is 6.04 Å². The highest BCUT2D eigenvalue weighted by molar-refractivity contribution is 5.76. The van der Waals surface area contributed by atoms with E-state index in [0.29, 0.717) is 13.0 Å². The number of hydrogen-bond donors (Lipinski definition) is 2. The number of aliphatic carboxylic acids is 1. The van der Waals surface area contributed by atoms with Crippen LogP contribution in [0.5, 0.6) is 0 Å². The summed E-state index contributed by atoms with van der Waals surface area (Å²) >= 11 is 0. The molecule has 0 aromatic carbocycles. The van der Waals surface area contributed by atoms with Crippen LogP contribution in [-0.2, 0) is 14.3 Å². The number of hydrogen-bond acceptors (Lipinski definition) is 3. The molecule has 2 N–H and O–H groups in total. The fraction of sp³-hybridized carbons (Fsp3) is 0.714. The lowest BCUT2D eigenvalue weighted by atomic mass is 10.0. The SMILES string of the molecule is COCC(C)C(NC=O)C(=O)O. The Balaban J connectivity index is 4.08. The van der Waals surface area contributed by atoms with Crippen LogP contribution in [0.15, 0.2) is 0 Å². The molecule has 70 valence electrons. The summed E-state index contributed by atoms with van der Waals surface area (Å²) in [6.45, 7) is 2.00. The Morgan fingerprint density at radius 3 is 2.67 bits per heavy atom.